The van der Waals surface area contributed by atoms with Crippen LogP contribution in [-0.4, -0.2) is 73.1 Å². The number of ether oxygens (including phenoxy) is 2. The minimum absolute atomic E-state index is 0.0541. The SMILES string of the molecule is C[C@@H](C(=O)N1CCc2ccccc21)N1CCN(C(=O)[C@@H]2COc3ccccc3O2)CC1. The van der Waals surface area contributed by atoms with Gasteiger partial charge >= 0.3 is 0 Å². The van der Waals surface area contributed by atoms with E-state index in [1.165, 1.54) is 5.56 Å². The lowest BCUT2D eigenvalue weighted by Crippen LogP contribution is -2.57. The van der Waals surface area contributed by atoms with E-state index in [-0.39, 0.29) is 24.5 Å². The van der Waals surface area contributed by atoms with E-state index in [1.807, 2.05) is 59.2 Å². The maximum absolute atomic E-state index is 13.2. The van der Waals surface area contributed by atoms with Crippen LogP contribution in [0.4, 0.5) is 5.69 Å². The highest BCUT2D eigenvalue weighted by Gasteiger charge is 2.36. The van der Waals surface area contributed by atoms with E-state index in [9.17, 15) is 9.59 Å². The van der Waals surface area contributed by atoms with Crippen molar-refractivity contribution >= 4 is 17.5 Å². The van der Waals surface area contributed by atoms with E-state index in [1.54, 1.807) is 0 Å². The number of rotatable bonds is 3. The molecule has 0 saturated carbocycles. The van der Waals surface area contributed by atoms with Gasteiger partial charge in [0.15, 0.2) is 11.5 Å². The van der Waals surface area contributed by atoms with Crippen molar-refractivity contribution in [1.29, 1.82) is 0 Å². The van der Waals surface area contributed by atoms with E-state index < -0.39 is 6.10 Å². The molecule has 2 aromatic rings. The van der Waals surface area contributed by atoms with E-state index in [2.05, 4.69) is 11.0 Å². The highest BCUT2D eigenvalue weighted by Crippen LogP contribution is 2.32. The molecule has 2 atom stereocenters. The van der Waals surface area contributed by atoms with Crippen LogP contribution in [0.15, 0.2) is 48.5 Å². The molecule has 0 aromatic heterocycles. The molecule has 3 aliphatic heterocycles. The van der Waals surface area contributed by atoms with Crippen LogP contribution in [0.1, 0.15) is 12.5 Å². The van der Waals surface area contributed by atoms with Crippen LogP contribution in [0.25, 0.3) is 0 Å². The van der Waals surface area contributed by atoms with E-state index in [4.69, 9.17) is 9.47 Å². The molecule has 5 rings (SSSR count). The second-order valence-electron chi connectivity index (χ2n) is 8.27. The first-order valence-electron chi connectivity index (χ1n) is 10.9. The van der Waals surface area contributed by atoms with Crippen LogP contribution in [0, 0.1) is 0 Å². The summed E-state index contributed by atoms with van der Waals surface area (Å²) in [5.41, 5.74) is 2.26. The molecule has 0 bridgehead atoms. The van der Waals surface area contributed by atoms with Crippen molar-refractivity contribution in [2.45, 2.75) is 25.5 Å². The van der Waals surface area contributed by atoms with E-state index in [0.29, 0.717) is 37.7 Å². The Labute approximate surface area is 182 Å². The van der Waals surface area contributed by atoms with E-state index >= 15 is 0 Å². The number of nitrogens with zero attached hydrogens (tertiary/aromatic N) is 3. The summed E-state index contributed by atoms with van der Waals surface area (Å²) in [4.78, 5) is 32.0. The number of carbonyl (C=O) groups excluding carboxylic acids is 2. The number of para-hydroxylation sites is 3. The number of piperazine rings is 1. The molecule has 0 spiro atoms. The van der Waals surface area contributed by atoms with Crippen LogP contribution in [0.3, 0.4) is 0 Å². The molecular formula is C24H27N3O4. The number of amides is 2. The number of carbonyl (C=O) groups is 2. The van der Waals surface area contributed by atoms with Crippen molar-refractivity contribution in [2.75, 3.05) is 44.2 Å². The van der Waals surface area contributed by atoms with E-state index in [0.717, 1.165) is 18.7 Å². The molecule has 31 heavy (non-hydrogen) atoms. The van der Waals surface area contributed by atoms with Gasteiger partial charge in [0, 0.05) is 38.4 Å². The van der Waals surface area contributed by atoms with Crippen LogP contribution < -0.4 is 14.4 Å². The number of fused-ring (bicyclic) bond motifs is 2. The summed E-state index contributed by atoms with van der Waals surface area (Å²) in [5.74, 6) is 1.36. The predicted molar refractivity (Wildman–Crippen MR) is 116 cm³/mol. The molecule has 7 heteroatoms. The van der Waals surface area contributed by atoms with Gasteiger partial charge in [0.2, 0.25) is 12.0 Å². The zero-order valence-electron chi connectivity index (χ0n) is 17.7. The van der Waals surface area contributed by atoms with Crippen molar-refractivity contribution in [3.05, 3.63) is 54.1 Å². The average molecular weight is 421 g/mol. The predicted octanol–water partition coefficient (Wildman–Crippen LogP) is 1.95. The van der Waals surface area contributed by atoms with Crippen molar-refractivity contribution < 1.29 is 19.1 Å². The third-order valence-electron chi connectivity index (χ3n) is 6.47. The Bertz CT molecular complexity index is 986. The van der Waals surface area contributed by atoms with Crippen molar-refractivity contribution in [2.24, 2.45) is 0 Å². The quantitative estimate of drug-likeness (QED) is 0.758. The fourth-order valence-corrected chi connectivity index (χ4v) is 4.62. The molecule has 0 N–H and O–H groups in total. The summed E-state index contributed by atoms with van der Waals surface area (Å²) in [6, 6.07) is 15.3. The maximum atomic E-state index is 13.2. The minimum Gasteiger partial charge on any atom is -0.485 e. The maximum Gasteiger partial charge on any atom is 0.267 e. The summed E-state index contributed by atoms with van der Waals surface area (Å²) >= 11 is 0. The summed E-state index contributed by atoms with van der Waals surface area (Å²) in [6.07, 6.45) is 0.283. The van der Waals surface area contributed by atoms with Gasteiger partial charge in [-0.1, -0.05) is 30.3 Å². The second-order valence-corrected chi connectivity index (χ2v) is 8.27. The minimum atomic E-state index is -0.624. The summed E-state index contributed by atoms with van der Waals surface area (Å²) in [7, 11) is 0. The Morgan fingerprint density at radius 3 is 2.45 bits per heavy atom. The third-order valence-corrected chi connectivity index (χ3v) is 6.47. The topological polar surface area (TPSA) is 62.3 Å². The van der Waals surface area contributed by atoms with Gasteiger partial charge in [0.1, 0.15) is 6.61 Å². The summed E-state index contributed by atoms with van der Waals surface area (Å²) in [6.45, 7) is 5.41. The van der Waals surface area contributed by atoms with Crippen molar-refractivity contribution in [3.63, 3.8) is 0 Å². The lowest BCUT2D eigenvalue weighted by molar-refractivity contribution is -0.143. The first kappa shape index (κ1) is 19.9. The van der Waals surface area contributed by atoms with Gasteiger partial charge in [-0.25, -0.2) is 0 Å². The van der Waals surface area contributed by atoms with Crippen LogP contribution >= 0.6 is 0 Å². The summed E-state index contributed by atoms with van der Waals surface area (Å²) in [5, 5.41) is 0. The monoisotopic (exact) mass is 421 g/mol. The second kappa shape index (κ2) is 8.23. The van der Waals surface area contributed by atoms with Gasteiger partial charge in [0.25, 0.3) is 5.91 Å². The number of benzene rings is 2. The smallest absolute Gasteiger partial charge is 0.267 e. The van der Waals surface area contributed by atoms with Crippen molar-refractivity contribution in [3.8, 4) is 11.5 Å². The number of hydrogen-bond donors (Lipinski definition) is 0. The molecule has 2 amide bonds. The third kappa shape index (κ3) is 3.74. The standard InChI is InChI=1S/C24H27N3O4/c1-17(23(28)27-11-10-18-6-2-3-7-19(18)27)25-12-14-26(15-13-25)24(29)22-16-30-20-8-4-5-9-21(20)31-22/h2-9,17,22H,10-16H2,1H3/t17-,22-/m0/s1. The largest absolute Gasteiger partial charge is 0.485 e. The molecule has 0 aliphatic carbocycles. The first-order valence-corrected chi connectivity index (χ1v) is 10.9. The lowest BCUT2D eigenvalue weighted by atomic mass is 10.1. The molecule has 0 unspecified atom stereocenters. The van der Waals surface area contributed by atoms with Gasteiger partial charge in [-0.2, -0.15) is 0 Å². The first-order chi connectivity index (χ1) is 15.1. The van der Waals surface area contributed by atoms with Crippen molar-refractivity contribution in [1.82, 2.24) is 9.80 Å². The fourth-order valence-electron chi connectivity index (χ4n) is 4.62. The Hall–Kier alpha value is -3.06. The Kier molecular flexibility index (Phi) is 5.28. The van der Waals surface area contributed by atoms with Crippen LogP contribution in [0.2, 0.25) is 0 Å². The van der Waals surface area contributed by atoms with Crippen LogP contribution in [0.5, 0.6) is 11.5 Å². The average Bonchev–Trinajstić information content (AvgIpc) is 3.26. The lowest BCUT2D eigenvalue weighted by Gasteiger charge is -2.39. The number of hydrogen-bond acceptors (Lipinski definition) is 5. The summed E-state index contributed by atoms with van der Waals surface area (Å²) < 4.78 is 11.6. The van der Waals surface area contributed by atoms with Crippen LogP contribution in [-0.2, 0) is 16.0 Å². The highest BCUT2D eigenvalue weighted by atomic mass is 16.6. The molecule has 1 fully saturated rings. The Morgan fingerprint density at radius 1 is 0.935 bits per heavy atom. The van der Waals surface area contributed by atoms with Gasteiger partial charge in [-0.3, -0.25) is 14.5 Å². The molecule has 0 radical (unpaired) electrons. The molecule has 3 heterocycles. The van der Waals surface area contributed by atoms with Gasteiger partial charge in [0.05, 0.1) is 6.04 Å². The number of anilines is 1. The molecule has 7 nitrogen and oxygen atoms in total. The fraction of sp³-hybridized carbons (Fsp3) is 0.417. The zero-order chi connectivity index (χ0) is 21.4. The highest BCUT2D eigenvalue weighted by molar-refractivity contribution is 5.98. The molecule has 1 saturated heterocycles. The molecule has 2 aromatic carbocycles. The molecule has 162 valence electrons. The van der Waals surface area contributed by atoms with Gasteiger partial charge in [-0.05, 0) is 37.1 Å². The van der Waals surface area contributed by atoms with Gasteiger partial charge < -0.3 is 19.3 Å². The Balaban J connectivity index is 1.17. The van der Waals surface area contributed by atoms with Gasteiger partial charge in [-0.15, -0.1) is 0 Å². The zero-order valence-corrected chi connectivity index (χ0v) is 17.7. The normalized spacial score (nSPS) is 21.5. The molecule has 3 aliphatic rings. The molecular weight excluding hydrogens is 394 g/mol. The Morgan fingerprint density at radius 2 is 1.65 bits per heavy atom.